The first-order chi connectivity index (χ1) is 4.09. The first-order valence-electron chi connectivity index (χ1n) is 2.05. The van der Waals surface area contributed by atoms with Gasteiger partial charge in [-0.2, -0.15) is 0 Å². The van der Waals surface area contributed by atoms with Gasteiger partial charge in [-0.3, -0.25) is 0 Å². The SMILES string of the molecule is N#CB(C(Cl)Cl)C(Cl)Cl. The molecule has 0 heterocycles. The molecule has 0 aromatic rings. The van der Waals surface area contributed by atoms with Gasteiger partial charge in [-0.15, -0.1) is 46.4 Å². The van der Waals surface area contributed by atoms with Crippen molar-refractivity contribution in [2.75, 3.05) is 0 Å². The van der Waals surface area contributed by atoms with Crippen LogP contribution in [0.2, 0.25) is 0 Å². The van der Waals surface area contributed by atoms with E-state index in [-0.39, 0.29) is 0 Å². The van der Waals surface area contributed by atoms with E-state index in [2.05, 4.69) is 0 Å². The third-order valence-electron chi connectivity index (χ3n) is 0.692. The lowest BCUT2D eigenvalue weighted by atomic mass is 9.55. The fourth-order valence-electron chi connectivity index (χ4n) is 0.223. The summed E-state index contributed by atoms with van der Waals surface area (Å²) >= 11 is 21.3. The Morgan fingerprint density at radius 3 is 1.44 bits per heavy atom. The van der Waals surface area contributed by atoms with Gasteiger partial charge in [0, 0.05) is 5.97 Å². The molecule has 0 bridgehead atoms. The molecule has 50 valence electrons. The van der Waals surface area contributed by atoms with E-state index in [0.29, 0.717) is 0 Å². The number of rotatable bonds is 2. The van der Waals surface area contributed by atoms with Gasteiger partial charge in [0.25, 0.3) is 0 Å². The van der Waals surface area contributed by atoms with Gasteiger partial charge in [0.2, 0.25) is 0 Å². The quantitative estimate of drug-likeness (QED) is 0.500. The van der Waals surface area contributed by atoms with Gasteiger partial charge in [-0.05, 0) is 0 Å². The van der Waals surface area contributed by atoms with Crippen LogP contribution < -0.4 is 0 Å². The first kappa shape index (κ1) is 9.71. The van der Waals surface area contributed by atoms with Crippen LogP contribution in [0.4, 0.5) is 0 Å². The molecule has 0 N–H and O–H groups in total. The standard InChI is InChI=1S/C3H2BCl4N/c5-2(6)4(1-9)3(7)8/h2-3H. The van der Waals surface area contributed by atoms with Crippen LogP contribution in [-0.2, 0) is 0 Å². The second-order valence-electron chi connectivity index (χ2n) is 1.32. The second kappa shape index (κ2) is 4.52. The Labute approximate surface area is 73.9 Å². The minimum Gasteiger partial charge on any atom is -0.212 e. The maximum Gasteiger partial charge on any atom is 0.338 e. The smallest absolute Gasteiger partial charge is 0.212 e. The molecule has 0 spiro atoms. The molecule has 0 aliphatic rings. The number of nitrogens with zero attached hydrogens (tertiary/aromatic N) is 1. The van der Waals surface area contributed by atoms with Gasteiger partial charge in [0.05, 0.1) is 0 Å². The van der Waals surface area contributed by atoms with Crippen molar-refractivity contribution in [2.45, 2.75) is 9.47 Å². The van der Waals surface area contributed by atoms with Crippen LogP contribution in [0.25, 0.3) is 0 Å². The Kier molecular flexibility index (Phi) is 4.88. The summed E-state index contributed by atoms with van der Waals surface area (Å²) in [6.45, 7) is -0.711. The normalized spacial score (nSPS) is 9.89. The third kappa shape index (κ3) is 3.42. The maximum atomic E-state index is 8.28. The molecular weight excluding hydrogens is 203 g/mol. The summed E-state index contributed by atoms with van der Waals surface area (Å²) in [5.74, 6) is 1.77. The van der Waals surface area contributed by atoms with Crippen LogP contribution in [0.3, 0.4) is 0 Å². The van der Waals surface area contributed by atoms with Crippen molar-refractivity contribution in [3.63, 3.8) is 0 Å². The fraction of sp³-hybridized carbons (Fsp3) is 0.667. The van der Waals surface area contributed by atoms with Crippen molar-refractivity contribution in [3.05, 3.63) is 0 Å². The molecule has 9 heavy (non-hydrogen) atoms. The van der Waals surface area contributed by atoms with Crippen molar-refractivity contribution in [1.29, 1.82) is 5.26 Å². The number of nitriles is 1. The van der Waals surface area contributed by atoms with Crippen LogP contribution in [0.1, 0.15) is 0 Å². The predicted molar refractivity (Wildman–Crippen MR) is 42.4 cm³/mol. The van der Waals surface area contributed by atoms with Crippen LogP contribution in [0.15, 0.2) is 0 Å². The van der Waals surface area contributed by atoms with Gasteiger partial charge in [0.1, 0.15) is 9.47 Å². The average molecular weight is 205 g/mol. The van der Waals surface area contributed by atoms with Crippen molar-refractivity contribution in [3.8, 4) is 5.97 Å². The zero-order chi connectivity index (χ0) is 7.44. The highest BCUT2D eigenvalue weighted by molar-refractivity contribution is 6.94. The van der Waals surface area contributed by atoms with E-state index in [0.717, 1.165) is 0 Å². The van der Waals surface area contributed by atoms with Crippen LogP contribution in [-0.4, -0.2) is 16.2 Å². The lowest BCUT2D eigenvalue weighted by molar-refractivity contribution is 1.53. The lowest BCUT2D eigenvalue weighted by Gasteiger charge is -2.03. The zero-order valence-electron chi connectivity index (χ0n) is 4.19. The van der Waals surface area contributed by atoms with Crippen LogP contribution >= 0.6 is 46.4 Å². The average Bonchev–Trinajstić information content (AvgIpc) is 1.64. The number of halogens is 4. The summed E-state index contributed by atoms with van der Waals surface area (Å²) in [4.78, 5) is 0. The second-order valence-corrected chi connectivity index (χ2v) is 3.65. The van der Waals surface area contributed by atoms with Crippen LogP contribution in [0, 0.1) is 11.2 Å². The molecule has 0 saturated heterocycles. The molecule has 1 nitrogen and oxygen atoms in total. The highest BCUT2D eigenvalue weighted by Gasteiger charge is 2.29. The number of alkyl halides is 4. The van der Waals surface area contributed by atoms with E-state index in [1.807, 2.05) is 0 Å². The highest BCUT2D eigenvalue weighted by Crippen LogP contribution is 2.15. The fourth-order valence-corrected chi connectivity index (χ4v) is 1.33. The monoisotopic (exact) mass is 203 g/mol. The number of hydrogen-bond acceptors (Lipinski definition) is 1. The van der Waals surface area contributed by atoms with E-state index in [1.54, 1.807) is 5.97 Å². The summed E-state index contributed by atoms with van der Waals surface area (Å²) in [6.07, 6.45) is 0. The molecule has 0 unspecified atom stereocenters. The van der Waals surface area contributed by atoms with Gasteiger partial charge >= 0.3 is 6.71 Å². The molecule has 0 amide bonds. The summed E-state index contributed by atoms with van der Waals surface area (Å²) in [7, 11) is 0. The molecule has 0 aromatic carbocycles. The molecular formula is C3H2BCl4N. The predicted octanol–water partition coefficient (Wildman–Crippen LogP) is 2.23. The molecule has 0 aromatic heterocycles. The van der Waals surface area contributed by atoms with Gasteiger partial charge in [-0.1, -0.05) is 0 Å². The zero-order valence-corrected chi connectivity index (χ0v) is 7.21. The first-order valence-corrected chi connectivity index (χ1v) is 3.80. The Hall–Kier alpha value is 0.715. The van der Waals surface area contributed by atoms with E-state index in [9.17, 15) is 0 Å². The third-order valence-corrected chi connectivity index (χ3v) is 1.78. The summed E-state index contributed by atoms with van der Waals surface area (Å²) in [5.41, 5.74) is 0. The topological polar surface area (TPSA) is 23.8 Å². The molecule has 0 atom stereocenters. The highest BCUT2D eigenvalue weighted by atomic mass is 35.5. The Bertz CT molecular complexity index is 111. The van der Waals surface area contributed by atoms with Gasteiger partial charge in [-0.25, -0.2) is 5.26 Å². The van der Waals surface area contributed by atoms with Crippen LogP contribution in [0.5, 0.6) is 0 Å². The van der Waals surface area contributed by atoms with Crippen molar-refractivity contribution in [1.82, 2.24) is 0 Å². The summed E-state index contributed by atoms with van der Waals surface area (Å²) in [5, 5.41) is 8.28. The largest absolute Gasteiger partial charge is 0.338 e. The molecule has 0 fully saturated rings. The Morgan fingerprint density at radius 2 is 1.44 bits per heavy atom. The lowest BCUT2D eigenvalue weighted by Crippen LogP contribution is -2.28. The van der Waals surface area contributed by atoms with Crippen molar-refractivity contribution < 1.29 is 0 Å². The van der Waals surface area contributed by atoms with E-state index in [1.165, 1.54) is 0 Å². The van der Waals surface area contributed by atoms with E-state index >= 15 is 0 Å². The van der Waals surface area contributed by atoms with Crippen molar-refractivity contribution >= 4 is 53.1 Å². The molecule has 0 aliphatic carbocycles. The summed E-state index contributed by atoms with van der Waals surface area (Å²) < 4.78 is -1.65. The maximum absolute atomic E-state index is 8.28. The van der Waals surface area contributed by atoms with E-state index < -0.39 is 16.2 Å². The minimum absolute atomic E-state index is 0.711. The molecule has 6 heteroatoms. The van der Waals surface area contributed by atoms with Crippen molar-refractivity contribution in [2.24, 2.45) is 0 Å². The van der Waals surface area contributed by atoms with Gasteiger partial charge < -0.3 is 0 Å². The minimum atomic E-state index is -0.824. The molecule has 0 rings (SSSR count). The van der Waals surface area contributed by atoms with E-state index in [4.69, 9.17) is 51.7 Å². The molecule has 0 aliphatic heterocycles. The Balaban J connectivity index is 3.87. The molecule has 0 radical (unpaired) electrons. The summed E-state index contributed by atoms with van der Waals surface area (Å²) in [6, 6.07) is 0. The Morgan fingerprint density at radius 1 is 1.11 bits per heavy atom. The number of hydrogen-bond donors (Lipinski definition) is 0. The van der Waals surface area contributed by atoms with Gasteiger partial charge in [0.15, 0.2) is 0 Å². The molecule has 0 saturated carbocycles.